The van der Waals surface area contributed by atoms with Crippen LogP contribution in [0.1, 0.15) is 24.5 Å². The Morgan fingerprint density at radius 2 is 2.33 bits per heavy atom. The van der Waals surface area contributed by atoms with Crippen molar-refractivity contribution in [3.05, 3.63) is 29.6 Å². The minimum absolute atomic E-state index is 0.0105. The molecule has 1 aliphatic rings. The van der Waals surface area contributed by atoms with E-state index in [1.807, 2.05) is 19.9 Å². The zero-order valence-electron chi connectivity index (χ0n) is 8.82. The third kappa shape index (κ3) is 1.75. The van der Waals surface area contributed by atoms with Crippen molar-refractivity contribution < 1.29 is 4.79 Å². The summed E-state index contributed by atoms with van der Waals surface area (Å²) < 4.78 is 0. The number of carbonyl (C=O) groups excluding carboxylic acids is 1. The number of amidine groups is 1. The van der Waals surface area contributed by atoms with Crippen molar-refractivity contribution in [1.29, 1.82) is 0 Å². The third-order valence-electron chi connectivity index (χ3n) is 2.49. The minimum Gasteiger partial charge on any atom is -0.309 e. The van der Waals surface area contributed by atoms with Crippen molar-refractivity contribution in [3.63, 3.8) is 0 Å². The maximum absolute atomic E-state index is 11.5. The molecule has 1 aromatic heterocycles. The van der Waals surface area contributed by atoms with E-state index >= 15 is 0 Å². The number of carbonyl (C=O) groups is 1. The van der Waals surface area contributed by atoms with Gasteiger partial charge in [-0.25, -0.2) is 0 Å². The summed E-state index contributed by atoms with van der Waals surface area (Å²) in [5, 5.41) is 2.80. The number of hydrogen-bond acceptors (Lipinski definition) is 3. The number of nitrogens with one attached hydrogen (secondary N) is 1. The Labute approximate surface area is 88.4 Å². The fraction of sp³-hybridized carbons (Fsp3) is 0.364. The van der Waals surface area contributed by atoms with E-state index in [2.05, 4.69) is 15.3 Å². The Hall–Kier alpha value is -1.71. The second kappa shape index (κ2) is 3.81. The molecule has 0 aromatic carbocycles. The normalized spacial score (nSPS) is 20.0. The average molecular weight is 203 g/mol. The van der Waals surface area contributed by atoms with Crippen LogP contribution in [0.4, 0.5) is 0 Å². The molecule has 1 unspecified atom stereocenters. The molecule has 15 heavy (non-hydrogen) atoms. The molecule has 2 heterocycles. The van der Waals surface area contributed by atoms with E-state index in [9.17, 15) is 4.79 Å². The molecule has 78 valence electrons. The number of nitrogens with zero attached hydrogens (tertiary/aromatic N) is 2. The molecule has 0 saturated heterocycles. The van der Waals surface area contributed by atoms with Crippen LogP contribution >= 0.6 is 0 Å². The zero-order chi connectivity index (χ0) is 10.8. The molecule has 1 aliphatic heterocycles. The Morgan fingerprint density at radius 3 is 2.93 bits per heavy atom. The van der Waals surface area contributed by atoms with Gasteiger partial charge in [0.1, 0.15) is 11.9 Å². The van der Waals surface area contributed by atoms with Crippen molar-refractivity contribution in [2.45, 2.75) is 26.3 Å². The SMILES string of the molecule is CCC1N=C(c2ccncc2C)NC1=O. The molecular weight excluding hydrogens is 190 g/mol. The van der Waals surface area contributed by atoms with Crippen molar-refractivity contribution in [3.8, 4) is 0 Å². The van der Waals surface area contributed by atoms with Gasteiger partial charge >= 0.3 is 0 Å². The number of pyridine rings is 1. The van der Waals surface area contributed by atoms with Crippen LogP contribution in [0, 0.1) is 6.92 Å². The smallest absolute Gasteiger partial charge is 0.250 e. The van der Waals surface area contributed by atoms with Gasteiger partial charge in [-0.3, -0.25) is 14.8 Å². The van der Waals surface area contributed by atoms with Gasteiger partial charge in [-0.15, -0.1) is 0 Å². The molecule has 1 amide bonds. The summed E-state index contributed by atoms with van der Waals surface area (Å²) in [5.41, 5.74) is 1.97. The highest BCUT2D eigenvalue weighted by Crippen LogP contribution is 2.12. The van der Waals surface area contributed by atoms with Crippen LogP contribution in [0.25, 0.3) is 0 Å². The second-order valence-corrected chi connectivity index (χ2v) is 3.58. The number of rotatable bonds is 2. The molecule has 0 bridgehead atoms. The number of hydrogen-bond donors (Lipinski definition) is 1. The first kappa shape index (κ1) is 9.83. The van der Waals surface area contributed by atoms with E-state index in [0.29, 0.717) is 5.84 Å². The molecule has 1 N–H and O–H groups in total. The van der Waals surface area contributed by atoms with E-state index in [4.69, 9.17) is 0 Å². The summed E-state index contributed by atoms with van der Waals surface area (Å²) in [5.74, 6) is 0.662. The number of aromatic nitrogens is 1. The fourth-order valence-electron chi connectivity index (χ4n) is 1.60. The van der Waals surface area contributed by atoms with Crippen LogP contribution in [-0.2, 0) is 4.79 Å². The summed E-state index contributed by atoms with van der Waals surface area (Å²) >= 11 is 0. The maximum Gasteiger partial charge on any atom is 0.250 e. The Kier molecular flexibility index (Phi) is 2.49. The molecule has 0 fully saturated rings. The minimum atomic E-state index is -0.229. The lowest BCUT2D eigenvalue weighted by atomic mass is 10.1. The number of aryl methyl sites for hydroxylation is 1. The number of aliphatic imine (C=N–C) groups is 1. The highest BCUT2D eigenvalue weighted by Gasteiger charge is 2.25. The summed E-state index contributed by atoms with van der Waals surface area (Å²) in [4.78, 5) is 19.8. The van der Waals surface area contributed by atoms with Gasteiger partial charge in [0.25, 0.3) is 0 Å². The Balaban J connectivity index is 2.34. The maximum atomic E-state index is 11.5. The Bertz CT molecular complexity index is 426. The molecule has 0 spiro atoms. The van der Waals surface area contributed by atoms with Gasteiger partial charge in [-0.1, -0.05) is 6.92 Å². The molecule has 4 heteroatoms. The first-order chi connectivity index (χ1) is 7.22. The molecule has 2 rings (SSSR count). The monoisotopic (exact) mass is 203 g/mol. The highest BCUT2D eigenvalue weighted by atomic mass is 16.2. The molecule has 4 nitrogen and oxygen atoms in total. The van der Waals surface area contributed by atoms with Gasteiger partial charge in [0.2, 0.25) is 5.91 Å². The lowest BCUT2D eigenvalue weighted by Gasteiger charge is -2.03. The summed E-state index contributed by atoms with van der Waals surface area (Å²) in [6.45, 7) is 3.91. The van der Waals surface area contributed by atoms with E-state index in [0.717, 1.165) is 17.5 Å². The van der Waals surface area contributed by atoms with Gasteiger partial charge in [-0.2, -0.15) is 0 Å². The van der Waals surface area contributed by atoms with E-state index in [1.165, 1.54) is 0 Å². The second-order valence-electron chi connectivity index (χ2n) is 3.58. The van der Waals surface area contributed by atoms with Crippen LogP contribution in [0.2, 0.25) is 0 Å². The Morgan fingerprint density at radius 1 is 1.53 bits per heavy atom. The standard InChI is InChI=1S/C11H13N3O/c1-3-9-11(15)14-10(13-9)8-4-5-12-6-7(8)2/h4-6,9H,3H2,1-2H3,(H,13,14,15). The predicted molar refractivity (Wildman–Crippen MR) is 57.7 cm³/mol. The summed E-state index contributed by atoms with van der Waals surface area (Å²) in [6.07, 6.45) is 4.21. The van der Waals surface area contributed by atoms with Gasteiger partial charge in [0.05, 0.1) is 0 Å². The first-order valence-electron chi connectivity index (χ1n) is 5.02. The molecule has 0 radical (unpaired) electrons. The van der Waals surface area contributed by atoms with Gasteiger partial charge in [-0.05, 0) is 25.0 Å². The van der Waals surface area contributed by atoms with E-state index in [1.54, 1.807) is 12.4 Å². The van der Waals surface area contributed by atoms with Crippen LogP contribution in [-0.4, -0.2) is 22.8 Å². The zero-order valence-corrected chi connectivity index (χ0v) is 8.82. The number of amides is 1. The fourth-order valence-corrected chi connectivity index (χ4v) is 1.60. The van der Waals surface area contributed by atoms with Crippen molar-refractivity contribution in [2.24, 2.45) is 4.99 Å². The van der Waals surface area contributed by atoms with Crippen LogP contribution in [0.15, 0.2) is 23.5 Å². The van der Waals surface area contributed by atoms with Crippen molar-refractivity contribution in [1.82, 2.24) is 10.3 Å². The molecule has 1 aromatic rings. The highest BCUT2D eigenvalue weighted by molar-refractivity contribution is 6.14. The van der Waals surface area contributed by atoms with Crippen LogP contribution in [0.3, 0.4) is 0 Å². The van der Waals surface area contributed by atoms with Crippen LogP contribution < -0.4 is 5.32 Å². The largest absolute Gasteiger partial charge is 0.309 e. The third-order valence-corrected chi connectivity index (χ3v) is 2.49. The lowest BCUT2D eigenvalue weighted by molar-refractivity contribution is -0.120. The van der Waals surface area contributed by atoms with Crippen molar-refractivity contribution in [2.75, 3.05) is 0 Å². The topological polar surface area (TPSA) is 54.4 Å². The molecule has 0 saturated carbocycles. The van der Waals surface area contributed by atoms with E-state index < -0.39 is 0 Å². The van der Waals surface area contributed by atoms with E-state index in [-0.39, 0.29) is 11.9 Å². The summed E-state index contributed by atoms with van der Waals surface area (Å²) in [7, 11) is 0. The van der Waals surface area contributed by atoms with Gasteiger partial charge < -0.3 is 5.32 Å². The van der Waals surface area contributed by atoms with Crippen LogP contribution in [0.5, 0.6) is 0 Å². The van der Waals surface area contributed by atoms with Gasteiger partial charge in [0.15, 0.2) is 0 Å². The van der Waals surface area contributed by atoms with Gasteiger partial charge in [0, 0.05) is 18.0 Å². The molecule has 0 aliphatic carbocycles. The quantitative estimate of drug-likeness (QED) is 0.781. The summed E-state index contributed by atoms with van der Waals surface area (Å²) in [6, 6.07) is 1.64. The first-order valence-corrected chi connectivity index (χ1v) is 5.02. The average Bonchev–Trinajstić information content (AvgIpc) is 2.60. The molecule has 1 atom stereocenters. The van der Waals surface area contributed by atoms with Crippen molar-refractivity contribution >= 4 is 11.7 Å². The lowest BCUT2D eigenvalue weighted by Crippen LogP contribution is -2.29. The molecular formula is C11H13N3O. The predicted octanol–water partition coefficient (Wildman–Crippen LogP) is 1.05.